The van der Waals surface area contributed by atoms with E-state index in [-0.39, 0.29) is 11.7 Å². The molecule has 7 heteroatoms. The molecule has 0 saturated carbocycles. The van der Waals surface area contributed by atoms with Crippen LogP contribution in [-0.4, -0.2) is 58.5 Å². The number of likely N-dealkylation sites (N-methyl/N-ethyl adjacent to an activating group) is 1. The number of carbonyl (C=O) groups is 1. The van der Waals surface area contributed by atoms with Gasteiger partial charge in [-0.05, 0) is 21.9 Å². The van der Waals surface area contributed by atoms with Crippen LogP contribution in [0.2, 0.25) is 0 Å². The summed E-state index contributed by atoms with van der Waals surface area (Å²) < 4.78 is 10.4. The number of nitrogens with zero attached hydrogens (tertiary/aromatic N) is 4. The highest BCUT2D eigenvalue weighted by Gasteiger charge is 2.48. The average Bonchev–Trinajstić information content (AvgIpc) is 3.12. The number of ether oxygens (including phenoxy) is 1. The van der Waals surface area contributed by atoms with Crippen LogP contribution < -0.4 is 0 Å². The van der Waals surface area contributed by atoms with Gasteiger partial charge in [-0.3, -0.25) is 4.90 Å². The first-order chi connectivity index (χ1) is 10.2. The van der Waals surface area contributed by atoms with Crippen LogP contribution >= 0.6 is 0 Å². The van der Waals surface area contributed by atoms with Crippen LogP contribution in [0.1, 0.15) is 12.0 Å². The van der Waals surface area contributed by atoms with Crippen LogP contribution in [0, 0.1) is 0 Å². The van der Waals surface area contributed by atoms with E-state index in [1.54, 1.807) is 11.9 Å². The highest BCUT2D eigenvalue weighted by Crippen LogP contribution is 2.32. The summed E-state index contributed by atoms with van der Waals surface area (Å²) in [6, 6.07) is 5.87. The summed E-state index contributed by atoms with van der Waals surface area (Å²) in [5.74, 6) is 0. The van der Waals surface area contributed by atoms with E-state index in [1.807, 2.05) is 18.2 Å². The van der Waals surface area contributed by atoms with E-state index >= 15 is 0 Å². The summed E-state index contributed by atoms with van der Waals surface area (Å²) in [5, 5.41) is 7.83. The Morgan fingerprint density at radius 2 is 2.24 bits per heavy atom. The fourth-order valence-corrected chi connectivity index (χ4v) is 3.30. The minimum absolute atomic E-state index is 0.223. The molecular formula is C14H16N4O3. The molecule has 110 valence electrons. The van der Waals surface area contributed by atoms with Gasteiger partial charge in [-0.2, -0.15) is 0 Å². The lowest BCUT2D eigenvalue weighted by Crippen LogP contribution is -2.37. The minimum atomic E-state index is -0.345. The number of fused-ring (bicyclic) bond motifs is 1. The van der Waals surface area contributed by atoms with E-state index in [1.165, 1.54) is 0 Å². The van der Waals surface area contributed by atoms with Gasteiger partial charge in [-0.15, -0.1) is 0 Å². The van der Waals surface area contributed by atoms with Crippen molar-refractivity contribution in [3.63, 3.8) is 0 Å². The third kappa shape index (κ3) is 2.04. The van der Waals surface area contributed by atoms with Crippen LogP contribution in [0.25, 0.3) is 11.0 Å². The van der Waals surface area contributed by atoms with Gasteiger partial charge in [0, 0.05) is 33.1 Å². The molecule has 21 heavy (non-hydrogen) atoms. The average molecular weight is 288 g/mol. The van der Waals surface area contributed by atoms with E-state index in [4.69, 9.17) is 9.37 Å². The zero-order valence-electron chi connectivity index (χ0n) is 11.8. The van der Waals surface area contributed by atoms with Gasteiger partial charge >= 0.3 is 6.09 Å². The van der Waals surface area contributed by atoms with E-state index in [2.05, 4.69) is 15.2 Å². The Hall–Kier alpha value is -2.15. The highest BCUT2D eigenvalue weighted by atomic mass is 16.6. The molecule has 1 amide bonds. The zero-order chi connectivity index (χ0) is 14.4. The normalized spacial score (nSPS) is 26.1. The van der Waals surface area contributed by atoms with Crippen molar-refractivity contribution in [2.24, 2.45) is 0 Å². The Morgan fingerprint density at radius 1 is 1.33 bits per heavy atom. The molecule has 2 aromatic rings. The molecule has 2 saturated heterocycles. The summed E-state index contributed by atoms with van der Waals surface area (Å²) in [6.45, 7) is 3.08. The maximum atomic E-state index is 11.6. The lowest BCUT2D eigenvalue weighted by molar-refractivity contribution is 0.0627. The van der Waals surface area contributed by atoms with Gasteiger partial charge in [0.25, 0.3) is 0 Å². The highest BCUT2D eigenvalue weighted by molar-refractivity contribution is 5.76. The molecule has 2 aliphatic rings. The van der Waals surface area contributed by atoms with Gasteiger partial charge in [0.15, 0.2) is 0 Å². The monoisotopic (exact) mass is 288 g/mol. The number of hydrogen-bond acceptors (Lipinski definition) is 6. The number of benzene rings is 1. The quantitative estimate of drug-likeness (QED) is 0.828. The molecule has 0 radical (unpaired) electrons. The summed E-state index contributed by atoms with van der Waals surface area (Å²) in [6.07, 6.45) is 0.649. The number of aromatic nitrogens is 2. The molecule has 4 rings (SSSR count). The molecule has 1 spiro atoms. The number of amides is 1. The standard InChI is InChI=1S/C14H16N4O3/c1-17-8-14(20-13(17)19)5-6-18(9-14)7-10-3-2-4-11-12(10)16-21-15-11/h2-4H,5-9H2,1H3/t14-/m0/s1. The smallest absolute Gasteiger partial charge is 0.410 e. The summed E-state index contributed by atoms with van der Waals surface area (Å²) in [7, 11) is 1.78. The third-order valence-electron chi connectivity index (χ3n) is 4.30. The SMILES string of the molecule is CN1C[C@]2(CCN(Cc3cccc4nonc34)C2)OC1=O. The van der Waals surface area contributed by atoms with Crippen molar-refractivity contribution in [2.45, 2.75) is 18.6 Å². The Kier molecular flexibility index (Phi) is 2.65. The van der Waals surface area contributed by atoms with E-state index < -0.39 is 0 Å². The second kappa shape index (κ2) is 4.42. The Morgan fingerprint density at radius 3 is 3.05 bits per heavy atom. The van der Waals surface area contributed by atoms with E-state index in [0.717, 1.165) is 42.7 Å². The number of hydrogen-bond donors (Lipinski definition) is 0. The molecule has 1 aromatic heterocycles. The van der Waals surface area contributed by atoms with Crippen LogP contribution in [0.3, 0.4) is 0 Å². The van der Waals surface area contributed by atoms with E-state index in [9.17, 15) is 4.79 Å². The topological polar surface area (TPSA) is 71.7 Å². The van der Waals surface area contributed by atoms with Crippen molar-refractivity contribution in [3.8, 4) is 0 Å². The Bertz CT molecular complexity index is 700. The van der Waals surface area contributed by atoms with Gasteiger partial charge in [0.05, 0.1) is 6.54 Å². The molecule has 7 nitrogen and oxygen atoms in total. The maximum Gasteiger partial charge on any atom is 0.410 e. The number of rotatable bonds is 2. The first-order valence-electron chi connectivity index (χ1n) is 7.02. The molecular weight excluding hydrogens is 272 g/mol. The molecule has 1 atom stereocenters. The molecule has 3 heterocycles. The summed E-state index contributed by atoms with van der Waals surface area (Å²) in [4.78, 5) is 15.5. The third-order valence-corrected chi connectivity index (χ3v) is 4.30. The second-order valence-corrected chi connectivity index (χ2v) is 5.92. The maximum absolute atomic E-state index is 11.6. The molecule has 0 N–H and O–H groups in total. The summed E-state index contributed by atoms with van der Waals surface area (Å²) in [5.41, 5.74) is 2.32. The van der Waals surface area contributed by atoms with Crippen molar-refractivity contribution in [1.29, 1.82) is 0 Å². The van der Waals surface area contributed by atoms with Gasteiger partial charge in [0.2, 0.25) is 0 Å². The van der Waals surface area contributed by atoms with Crippen molar-refractivity contribution >= 4 is 17.1 Å². The van der Waals surface area contributed by atoms with Crippen molar-refractivity contribution < 1.29 is 14.2 Å². The Labute approximate surface area is 121 Å². The fraction of sp³-hybridized carbons (Fsp3) is 0.500. The fourth-order valence-electron chi connectivity index (χ4n) is 3.30. The van der Waals surface area contributed by atoms with Gasteiger partial charge in [-0.1, -0.05) is 12.1 Å². The first-order valence-corrected chi connectivity index (χ1v) is 7.02. The molecule has 0 bridgehead atoms. The lowest BCUT2D eigenvalue weighted by Gasteiger charge is -2.21. The largest absolute Gasteiger partial charge is 0.439 e. The predicted molar refractivity (Wildman–Crippen MR) is 73.5 cm³/mol. The number of carbonyl (C=O) groups excluding carboxylic acids is 1. The van der Waals surface area contributed by atoms with Crippen molar-refractivity contribution in [3.05, 3.63) is 23.8 Å². The Balaban J connectivity index is 1.52. The van der Waals surface area contributed by atoms with Gasteiger partial charge in [-0.25, -0.2) is 9.42 Å². The zero-order valence-corrected chi connectivity index (χ0v) is 11.8. The van der Waals surface area contributed by atoms with Gasteiger partial charge < -0.3 is 9.64 Å². The summed E-state index contributed by atoms with van der Waals surface area (Å²) >= 11 is 0. The van der Waals surface area contributed by atoms with E-state index in [0.29, 0.717) is 6.54 Å². The van der Waals surface area contributed by atoms with Crippen LogP contribution in [-0.2, 0) is 11.3 Å². The molecule has 1 aromatic carbocycles. The molecule has 0 unspecified atom stereocenters. The first kappa shape index (κ1) is 12.6. The molecule has 0 aliphatic carbocycles. The lowest BCUT2D eigenvalue weighted by atomic mass is 10.0. The van der Waals surface area contributed by atoms with Crippen LogP contribution in [0.5, 0.6) is 0 Å². The van der Waals surface area contributed by atoms with Crippen molar-refractivity contribution in [1.82, 2.24) is 20.1 Å². The van der Waals surface area contributed by atoms with Crippen LogP contribution in [0.15, 0.2) is 22.8 Å². The molecule has 2 fully saturated rings. The predicted octanol–water partition coefficient (Wildman–Crippen LogP) is 1.25. The molecule has 2 aliphatic heterocycles. The minimum Gasteiger partial charge on any atom is -0.439 e. The van der Waals surface area contributed by atoms with Gasteiger partial charge in [0.1, 0.15) is 16.6 Å². The van der Waals surface area contributed by atoms with Crippen LogP contribution in [0.4, 0.5) is 4.79 Å². The number of likely N-dealkylation sites (tertiary alicyclic amines) is 1. The second-order valence-electron chi connectivity index (χ2n) is 5.92. The van der Waals surface area contributed by atoms with Crippen molar-refractivity contribution in [2.75, 3.05) is 26.7 Å².